The molecule has 1 amide bonds. The van der Waals surface area contributed by atoms with Crippen molar-refractivity contribution in [3.05, 3.63) is 34.9 Å². The number of carboxylic acid groups (broad SMARTS) is 1. The van der Waals surface area contributed by atoms with Crippen molar-refractivity contribution in [3.8, 4) is 0 Å². The summed E-state index contributed by atoms with van der Waals surface area (Å²) in [6, 6.07) is 5.98. The van der Waals surface area contributed by atoms with E-state index in [2.05, 4.69) is 0 Å². The molecular weight excluding hydrogens is 299 g/mol. The maximum absolute atomic E-state index is 12.7. The average molecular weight is 310 g/mol. The number of nitrogens with one attached hydrogen (secondary N) is 1. The first-order valence-corrected chi connectivity index (χ1v) is 5.79. The fraction of sp³-hybridized carbons (Fsp3) is 0.333. The maximum atomic E-state index is 12.7. The second kappa shape index (κ2) is 5.70. The lowest BCUT2D eigenvalue weighted by atomic mass is 10.0. The molecule has 0 aliphatic rings. The molecule has 0 saturated heterocycles. The van der Waals surface area contributed by atoms with Crippen molar-refractivity contribution in [2.24, 2.45) is 0 Å². The number of alkyl halides is 3. The van der Waals surface area contributed by atoms with Gasteiger partial charge in [0.2, 0.25) is 11.4 Å². The molecule has 0 heterocycles. The standard InChI is InChI=1S/C12H11ClF3NO3/c1-11(10(19)20,12(14,15)16)17-9(18)6-7-3-2-4-8(13)5-7/h2-5H,6H2,1H3,(H,17,18)(H,19,20). The van der Waals surface area contributed by atoms with Gasteiger partial charge in [0.25, 0.3) is 0 Å². The largest absolute Gasteiger partial charge is 0.479 e. The molecule has 0 bridgehead atoms. The summed E-state index contributed by atoms with van der Waals surface area (Å²) < 4.78 is 38.1. The Labute approximate surface area is 117 Å². The summed E-state index contributed by atoms with van der Waals surface area (Å²) in [5.41, 5.74) is -2.95. The van der Waals surface area contributed by atoms with Gasteiger partial charge in [-0.25, -0.2) is 4.79 Å². The van der Waals surface area contributed by atoms with Gasteiger partial charge in [0, 0.05) is 5.02 Å². The normalized spacial score (nSPS) is 14.4. The number of rotatable bonds is 4. The van der Waals surface area contributed by atoms with Gasteiger partial charge in [0.1, 0.15) is 0 Å². The third kappa shape index (κ3) is 3.63. The molecule has 1 unspecified atom stereocenters. The highest BCUT2D eigenvalue weighted by molar-refractivity contribution is 6.30. The van der Waals surface area contributed by atoms with Crippen molar-refractivity contribution in [2.45, 2.75) is 25.1 Å². The molecule has 0 aliphatic carbocycles. The van der Waals surface area contributed by atoms with Crippen LogP contribution in [0.4, 0.5) is 13.2 Å². The first kappa shape index (κ1) is 16.3. The smallest absolute Gasteiger partial charge is 0.422 e. The van der Waals surface area contributed by atoms with Crippen molar-refractivity contribution < 1.29 is 27.9 Å². The number of benzene rings is 1. The molecule has 0 spiro atoms. The number of aliphatic carboxylic acids is 1. The van der Waals surface area contributed by atoms with Crippen LogP contribution in [0.1, 0.15) is 12.5 Å². The minimum absolute atomic E-state index is 0.326. The van der Waals surface area contributed by atoms with E-state index in [1.807, 2.05) is 0 Å². The molecule has 20 heavy (non-hydrogen) atoms. The number of carbonyl (C=O) groups excluding carboxylic acids is 1. The molecule has 0 fully saturated rings. The van der Waals surface area contributed by atoms with Crippen molar-refractivity contribution in [2.75, 3.05) is 0 Å². The minimum Gasteiger partial charge on any atom is -0.479 e. The Hall–Kier alpha value is -1.76. The van der Waals surface area contributed by atoms with Crippen molar-refractivity contribution in [1.82, 2.24) is 5.32 Å². The third-order valence-corrected chi connectivity index (χ3v) is 2.87. The molecule has 4 nitrogen and oxygen atoms in total. The first-order valence-electron chi connectivity index (χ1n) is 5.42. The molecule has 1 aromatic carbocycles. The number of carboxylic acids is 1. The van der Waals surface area contributed by atoms with Crippen LogP contribution in [-0.4, -0.2) is 28.7 Å². The molecule has 2 N–H and O–H groups in total. The molecule has 0 saturated carbocycles. The zero-order valence-corrected chi connectivity index (χ0v) is 11.0. The summed E-state index contributed by atoms with van der Waals surface area (Å²) in [5, 5.41) is 10.5. The van der Waals surface area contributed by atoms with E-state index in [9.17, 15) is 22.8 Å². The SMILES string of the molecule is CC(NC(=O)Cc1cccc(Cl)c1)(C(=O)O)C(F)(F)F. The Morgan fingerprint density at radius 2 is 1.95 bits per heavy atom. The second-order valence-corrected chi connectivity index (χ2v) is 4.72. The summed E-state index contributed by atoms with van der Waals surface area (Å²) in [4.78, 5) is 22.3. The van der Waals surface area contributed by atoms with E-state index in [1.54, 1.807) is 6.07 Å². The fourth-order valence-electron chi connectivity index (χ4n) is 1.40. The van der Waals surface area contributed by atoms with E-state index >= 15 is 0 Å². The predicted octanol–water partition coefficient (Wildman–Crippen LogP) is 2.40. The molecule has 0 radical (unpaired) electrons. The molecule has 0 aromatic heterocycles. The van der Waals surface area contributed by atoms with Gasteiger partial charge in [-0.1, -0.05) is 23.7 Å². The predicted molar refractivity (Wildman–Crippen MR) is 65.4 cm³/mol. The molecule has 0 aliphatic heterocycles. The van der Waals surface area contributed by atoms with E-state index in [0.29, 0.717) is 17.5 Å². The maximum Gasteiger partial charge on any atom is 0.422 e. The lowest BCUT2D eigenvalue weighted by Crippen LogP contribution is -2.62. The Balaban J connectivity index is 2.86. The van der Waals surface area contributed by atoms with E-state index in [0.717, 1.165) is 0 Å². The van der Waals surface area contributed by atoms with Gasteiger partial charge in [0.15, 0.2) is 0 Å². The average Bonchev–Trinajstić information content (AvgIpc) is 2.26. The minimum atomic E-state index is -5.11. The Bertz CT molecular complexity index is 533. The summed E-state index contributed by atoms with van der Waals surface area (Å²) in [6.45, 7) is 0.394. The second-order valence-electron chi connectivity index (χ2n) is 4.28. The zero-order valence-electron chi connectivity index (χ0n) is 10.3. The number of carbonyl (C=O) groups is 2. The number of amides is 1. The number of hydrogen-bond donors (Lipinski definition) is 2. The van der Waals surface area contributed by atoms with Gasteiger partial charge in [-0.3, -0.25) is 4.79 Å². The Kier molecular flexibility index (Phi) is 4.65. The summed E-state index contributed by atoms with van der Waals surface area (Å²) in [6.07, 6.45) is -5.51. The number of hydrogen-bond acceptors (Lipinski definition) is 2. The van der Waals surface area contributed by atoms with Gasteiger partial charge in [0.05, 0.1) is 6.42 Å². The zero-order chi connectivity index (χ0) is 15.6. The number of halogens is 4. The van der Waals surface area contributed by atoms with E-state index in [4.69, 9.17) is 16.7 Å². The molecule has 1 atom stereocenters. The quantitative estimate of drug-likeness (QED) is 0.897. The van der Waals surface area contributed by atoms with Crippen LogP contribution in [0, 0.1) is 0 Å². The van der Waals surface area contributed by atoms with Crippen LogP contribution in [-0.2, 0) is 16.0 Å². The lowest BCUT2D eigenvalue weighted by molar-refractivity contribution is -0.206. The highest BCUT2D eigenvalue weighted by atomic mass is 35.5. The topological polar surface area (TPSA) is 66.4 Å². The molecule has 110 valence electrons. The monoisotopic (exact) mass is 309 g/mol. The Morgan fingerprint density at radius 1 is 1.35 bits per heavy atom. The van der Waals surface area contributed by atoms with E-state index in [1.165, 1.54) is 23.5 Å². The third-order valence-electron chi connectivity index (χ3n) is 2.64. The van der Waals surface area contributed by atoms with Gasteiger partial charge in [-0.15, -0.1) is 0 Å². The van der Waals surface area contributed by atoms with Crippen molar-refractivity contribution >= 4 is 23.5 Å². The van der Waals surface area contributed by atoms with Crippen LogP contribution in [0.15, 0.2) is 24.3 Å². The van der Waals surface area contributed by atoms with Gasteiger partial charge in [-0.2, -0.15) is 13.2 Å². The van der Waals surface area contributed by atoms with Gasteiger partial charge < -0.3 is 10.4 Å². The van der Waals surface area contributed by atoms with Gasteiger partial charge >= 0.3 is 12.1 Å². The summed E-state index contributed by atoms with van der Waals surface area (Å²) in [5.74, 6) is -3.24. The summed E-state index contributed by atoms with van der Waals surface area (Å²) >= 11 is 5.68. The molecule has 1 rings (SSSR count). The first-order chi connectivity index (χ1) is 9.06. The highest BCUT2D eigenvalue weighted by Crippen LogP contribution is 2.30. The van der Waals surface area contributed by atoms with Crippen LogP contribution in [0.3, 0.4) is 0 Å². The Morgan fingerprint density at radius 3 is 2.40 bits per heavy atom. The lowest BCUT2D eigenvalue weighted by Gasteiger charge is -2.28. The molecule has 1 aromatic rings. The highest BCUT2D eigenvalue weighted by Gasteiger charge is 2.58. The van der Waals surface area contributed by atoms with Crippen molar-refractivity contribution in [3.63, 3.8) is 0 Å². The van der Waals surface area contributed by atoms with E-state index in [-0.39, 0.29) is 0 Å². The van der Waals surface area contributed by atoms with Crippen LogP contribution in [0.2, 0.25) is 5.02 Å². The fourth-order valence-corrected chi connectivity index (χ4v) is 1.61. The van der Waals surface area contributed by atoms with Crippen LogP contribution >= 0.6 is 11.6 Å². The van der Waals surface area contributed by atoms with Crippen LogP contribution in [0.5, 0.6) is 0 Å². The van der Waals surface area contributed by atoms with Crippen LogP contribution < -0.4 is 5.32 Å². The molecule has 8 heteroatoms. The van der Waals surface area contributed by atoms with Crippen LogP contribution in [0.25, 0.3) is 0 Å². The van der Waals surface area contributed by atoms with E-state index < -0.39 is 30.0 Å². The summed E-state index contributed by atoms with van der Waals surface area (Å²) in [7, 11) is 0. The molecular formula is C12H11ClF3NO3. The van der Waals surface area contributed by atoms with Crippen molar-refractivity contribution in [1.29, 1.82) is 0 Å². The van der Waals surface area contributed by atoms with Gasteiger partial charge in [-0.05, 0) is 24.6 Å².